The van der Waals surface area contributed by atoms with Gasteiger partial charge in [0, 0.05) is 0 Å². The molecule has 0 saturated carbocycles. The summed E-state index contributed by atoms with van der Waals surface area (Å²) < 4.78 is 0. The molecule has 0 aromatic carbocycles. The number of aliphatic carboxylic acids is 1. The minimum atomic E-state index is -1.21. The van der Waals surface area contributed by atoms with E-state index < -0.39 is 53.8 Å². The van der Waals surface area contributed by atoms with Crippen molar-refractivity contribution in [3.8, 4) is 0 Å². The first-order chi connectivity index (χ1) is 15.9. The fourth-order valence-corrected chi connectivity index (χ4v) is 3.56. The maximum Gasteiger partial charge on any atom is 0.326 e. The molecule has 12 nitrogen and oxygen atoms in total. The van der Waals surface area contributed by atoms with Gasteiger partial charge in [0.05, 0.1) is 12.5 Å². The zero-order chi connectivity index (χ0) is 26.3. The summed E-state index contributed by atoms with van der Waals surface area (Å²) in [5.41, 5.74) is 16.2. The Kier molecular flexibility index (Phi) is 15.9. The van der Waals surface area contributed by atoms with Crippen LogP contribution in [0.4, 0.5) is 0 Å². The maximum atomic E-state index is 13.0. The van der Waals surface area contributed by atoms with Crippen molar-refractivity contribution >= 4 is 41.4 Å². The van der Waals surface area contributed by atoms with Gasteiger partial charge in [-0.2, -0.15) is 11.8 Å². The van der Waals surface area contributed by atoms with Crippen molar-refractivity contribution in [1.29, 1.82) is 0 Å². The van der Waals surface area contributed by atoms with Crippen LogP contribution in [0.3, 0.4) is 0 Å². The van der Waals surface area contributed by atoms with Gasteiger partial charge >= 0.3 is 5.97 Å². The maximum absolute atomic E-state index is 13.0. The Hall–Kier alpha value is -2.38. The molecule has 4 atom stereocenters. The molecule has 0 heterocycles. The van der Waals surface area contributed by atoms with Gasteiger partial charge in [-0.15, -0.1) is 0 Å². The highest BCUT2D eigenvalue weighted by molar-refractivity contribution is 7.98. The molecule has 10 N–H and O–H groups in total. The van der Waals surface area contributed by atoms with Crippen molar-refractivity contribution in [3.05, 3.63) is 0 Å². The molecule has 0 rings (SSSR count). The van der Waals surface area contributed by atoms with E-state index >= 15 is 0 Å². The average Bonchev–Trinajstić information content (AvgIpc) is 2.74. The van der Waals surface area contributed by atoms with Gasteiger partial charge in [0.1, 0.15) is 18.1 Å². The van der Waals surface area contributed by atoms with Crippen LogP contribution < -0.4 is 33.2 Å². The normalized spacial score (nSPS) is 14.5. The van der Waals surface area contributed by atoms with Crippen molar-refractivity contribution in [3.63, 3.8) is 0 Å². The first kappa shape index (κ1) is 31.6. The second kappa shape index (κ2) is 17.1. The number of carbonyl (C=O) groups excluding carboxylic acids is 4. The molecule has 0 saturated heterocycles. The average molecular weight is 505 g/mol. The van der Waals surface area contributed by atoms with Crippen LogP contribution in [-0.2, 0) is 24.0 Å². The number of amides is 4. The summed E-state index contributed by atoms with van der Waals surface area (Å²) in [6.07, 6.45) is 3.36. The third-order valence-corrected chi connectivity index (χ3v) is 5.55. The van der Waals surface area contributed by atoms with E-state index in [4.69, 9.17) is 17.2 Å². The molecule has 0 aromatic rings. The number of unbranched alkanes of at least 4 members (excludes halogenated alkanes) is 1. The van der Waals surface area contributed by atoms with Crippen molar-refractivity contribution in [1.82, 2.24) is 16.0 Å². The Morgan fingerprint density at radius 3 is 1.94 bits per heavy atom. The van der Waals surface area contributed by atoms with Crippen LogP contribution in [0, 0.1) is 5.92 Å². The monoisotopic (exact) mass is 504 g/mol. The smallest absolute Gasteiger partial charge is 0.326 e. The Labute approximate surface area is 204 Å². The number of rotatable bonds is 18. The number of nitrogens with one attached hydrogen (secondary N) is 3. The number of carbonyl (C=O) groups is 5. The lowest BCUT2D eigenvalue weighted by Crippen LogP contribution is -2.57. The van der Waals surface area contributed by atoms with Crippen LogP contribution in [0.1, 0.15) is 52.4 Å². The van der Waals surface area contributed by atoms with Crippen LogP contribution in [0.2, 0.25) is 0 Å². The molecule has 4 amide bonds. The number of primary amides is 1. The van der Waals surface area contributed by atoms with Crippen molar-refractivity contribution in [2.24, 2.45) is 23.1 Å². The first-order valence-electron chi connectivity index (χ1n) is 11.3. The van der Waals surface area contributed by atoms with Crippen molar-refractivity contribution in [2.45, 2.75) is 76.5 Å². The minimum Gasteiger partial charge on any atom is -0.480 e. The van der Waals surface area contributed by atoms with Gasteiger partial charge in [0.15, 0.2) is 0 Å². The van der Waals surface area contributed by atoms with E-state index in [0.717, 1.165) is 0 Å². The molecule has 0 spiro atoms. The van der Waals surface area contributed by atoms with Gasteiger partial charge < -0.3 is 38.3 Å². The summed E-state index contributed by atoms with van der Waals surface area (Å²) in [5.74, 6) is -3.31. The molecule has 4 unspecified atom stereocenters. The molecular weight excluding hydrogens is 464 g/mol. The molecule has 0 bridgehead atoms. The molecular formula is C21H40N6O6S. The van der Waals surface area contributed by atoms with Crippen LogP contribution in [0.5, 0.6) is 0 Å². The fraction of sp³-hybridized carbons (Fsp3) is 0.762. The van der Waals surface area contributed by atoms with E-state index in [1.807, 2.05) is 20.1 Å². The second-order valence-electron chi connectivity index (χ2n) is 8.49. The zero-order valence-corrected chi connectivity index (χ0v) is 21.0. The largest absolute Gasteiger partial charge is 0.480 e. The predicted molar refractivity (Wildman–Crippen MR) is 131 cm³/mol. The van der Waals surface area contributed by atoms with Gasteiger partial charge in [0.25, 0.3) is 0 Å². The summed E-state index contributed by atoms with van der Waals surface area (Å²) in [5, 5.41) is 17.1. The van der Waals surface area contributed by atoms with Crippen molar-refractivity contribution < 1.29 is 29.1 Å². The second-order valence-corrected chi connectivity index (χ2v) is 9.48. The Morgan fingerprint density at radius 2 is 1.44 bits per heavy atom. The lowest BCUT2D eigenvalue weighted by atomic mass is 10.0. The van der Waals surface area contributed by atoms with E-state index in [2.05, 4.69) is 16.0 Å². The minimum absolute atomic E-state index is 0.0147. The summed E-state index contributed by atoms with van der Waals surface area (Å²) in [6, 6.07) is -4.32. The SMILES string of the molecule is CSCCC(NC(=O)C(CC(C)C)NC(=O)C(N)CC(N)=O)C(=O)NC(CCCCN)C(=O)O. The van der Waals surface area contributed by atoms with E-state index in [-0.39, 0.29) is 31.6 Å². The van der Waals surface area contributed by atoms with Crippen LogP contribution in [0.25, 0.3) is 0 Å². The Morgan fingerprint density at radius 1 is 0.882 bits per heavy atom. The molecule has 0 aliphatic rings. The van der Waals surface area contributed by atoms with Gasteiger partial charge in [0.2, 0.25) is 23.6 Å². The van der Waals surface area contributed by atoms with E-state index in [1.165, 1.54) is 11.8 Å². The van der Waals surface area contributed by atoms with Crippen LogP contribution in [0.15, 0.2) is 0 Å². The number of nitrogens with two attached hydrogens (primary N) is 3. The Balaban J connectivity index is 5.42. The molecule has 196 valence electrons. The molecule has 0 aliphatic carbocycles. The topological polar surface area (TPSA) is 220 Å². The molecule has 0 radical (unpaired) electrons. The molecule has 34 heavy (non-hydrogen) atoms. The molecule has 13 heteroatoms. The number of carboxylic acid groups (broad SMARTS) is 1. The third kappa shape index (κ3) is 13.4. The fourth-order valence-electron chi connectivity index (χ4n) is 3.09. The zero-order valence-electron chi connectivity index (χ0n) is 20.2. The quantitative estimate of drug-likeness (QED) is 0.110. The van der Waals surface area contributed by atoms with Gasteiger partial charge in [-0.05, 0) is 56.6 Å². The predicted octanol–water partition coefficient (Wildman–Crippen LogP) is -1.34. The van der Waals surface area contributed by atoms with E-state index in [1.54, 1.807) is 0 Å². The lowest BCUT2D eigenvalue weighted by molar-refractivity contribution is -0.142. The molecule has 0 aliphatic heterocycles. The highest BCUT2D eigenvalue weighted by Gasteiger charge is 2.30. The highest BCUT2D eigenvalue weighted by Crippen LogP contribution is 2.09. The highest BCUT2D eigenvalue weighted by atomic mass is 32.2. The van der Waals surface area contributed by atoms with E-state index in [0.29, 0.717) is 25.1 Å². The number of thioether (sulfide) groups is 1. The third-order valence-electron chi connectivity index (χ3n) is 4.90. The number of hydrogen-bond donors (Lipinski definition) is 7. The standard InChI is InChI=1S/C21H40N6O6S/c1-12(2)10-16(27-18(29)13(23)11-17(24)28)20(31)25-14(7-9-34-3)19(30)26-15(21(32)33)6-4-5-8-22/h12-16H,4-11,22-23H2,1-3H3,(H2,24,28)(H,25,31)(H,26,30)(H,27,29)(H,32,33). The molecule has 0 aromatic heterocycles. The van der Waals surface area contributed by atoms with E-state index in [9.17, 15) is 29.1 Å². The number of carboxylic acids is 1. The van der Waals surface area contributed by atoms with Crippen LogP contribution >= 0.6 is 11.8 Å². The molecule has 0 fully saturated rings. The lowest BCUT2D eigenvalue weighted by Gasteiger charge is -2.26. The van der Waals surface area contributed by atoms with Gasteiger partial charge in [-0.3, -0.25) is 19.2 Å². The van der Waals surface area contributed by atoms with Gasteiger partial charge in [-0.25, -0.2) is 4.79 Å². The van der Waals surface area contributed by atoms with Gasteiger partial charge in [-0.1, -0.05) is 13.8 Å². The first-order valence-corrected chi connectivity index (χ1v) is 12.7. The summed E-state index contributed by atoms with van der Waals surface area (Å²) in [7, 11) is 0. The Bertz CT molecular complexity index is 693. The summed E-state index contributed by atoms with van der Waals surface area (Å²) in [6.45, 7) is 4.12. The summed E-state index contributed by atoms with van der Waals surface area (Å²) >= 11 is 1.46. The summed E-state index contributed by atoms with van der Waals surface area (Å²) in [4.78, 5) is 60.8. The van der Waals surface area contributed by atoms with Crippen LogP contribution in [-0.4, -0.2) is 77.4 Å². The van der Waals surface area contributed by atoms with Crippen molar-refractivity contribution in [2.75, 3.05) is 18.6 Å². The number of hydrogen-bond acceptors (Lipinski definition) is 8.